The highest BCUT2D eigenvalue weighted by molar-refractivity contribution is 6.08. The number of aromatic amines is 1. The van der Waals surface area contributed by atoms with Gasteiger partial charge in [-0.15, -0.1) is 0 Å². The molecule has 0 bridgehead atoms. The molecule has 1 aliphatic heterocycles. The van der Waals surface area contributed by atoms with Gasteiger partial charge in [0.15, 0.2) is 0 Å². The number of pyridine rings is 1. The van der Waals surface area contributed by atoms with E-state index in [4.69, 9.17) is 0 Å². The Kier molecular flexibility index (Phi) is 6.84. The van der Waals surface area contributed by atoms with Crippen LogP contribution in [0.15, 0.2) is 60.9 Å². The number of carbonyl (C=O) groups excluding carboxylic acids is 1. The molecule has 4 aromatic rings. The lowest BCUT2D eigenvalue weighted by Gasteiger charge is -2.32. The van der Waals surface area contributed by atoms with Crippen LogP contribution >= 0.6 is 0 Å². The SMILES string of the molecule is CN1CCC(Nc2cc(NC(=O)c3cccnc3Nc3ccc4cn[nH]c4c3)ccc2C(C)(C)C)CC1. The second-order valence-electron chi connectivity index (χ2n) is 10.9. The number of benzene rings is 2. The lowest BCUT2D eigenvalue weighted by atomic mass is 9.85. The van der Waals surface area contributed by atoms with Gasteiger partial charge < -0.3 is 20.9 Å². The van der Waals surface area contributed by atoms with Crippen molar-refractivity contribution in [3.63, 3.8) is 0 Å². The second-order valence-corrected chi connectivity index (χ2v) is 10.9. The summed E-state index contributed by atoms with van der Waals surface area (Å²) < 4.78 is 0. The first-order valence-corrected chi connectivity index (χ1v) is 12.8. The van der Waals surface area contributed by atoms with E-state index >= 15 is 0 Å². The molecule has 192 valence electrons. The molecule has 1 aliphatic rings. The molecule has 0 unspecified atom stereocenters. The van der Waals surface area contributed by atoms with Crippen molar-refractivity contribution in [1.82, 2.24) is 20.1 Å². The number of H-pyrrole nitrogens is 1. The Hall–Kier alpha value is -3.91. The Morgan fingerprint density at radius 2 is 1.84 bits per heavy atom. The molecule has 0 radical (unpaired) electrons. The third-order valence-electron chi connectivity index (χ3n) is 6.92. The highest BCUT2D eigenvalue weighted by Crippen LogP contribution is 2.33. The first kappa shape index (κ1) is 24.8. The quantitative estimate of drug-likeness (QED) is 0.270. The molecule has 4 N–H and O–H groups in total. The number of carbonyl (C=O) groups is 1. The van der Waals surface area contributed by atoms with Crippen molar-refractivity contribution in [3.8, 4) is 0 Å². The van der Waals surface area contributed by atoms with Gasteiger partial charge in [0.2, 0.25) is 0 Å². The molecule has 1 fully saturated rings. The van der Waals surface area contributed by atoms with E-state index in [2.05, 4.69) is 76.0 Å². The fraction of sp³-hybridized carbons (Fsp3) is 0.345. The first-order chi connectivity index (χ1) is 17.8. The van der Waals surface area contributed by atoms with Crippen molar-refractivity contribution in [2.45, 2.75) is 45.1 Å². The fourth-order valence-electron chi connectivity index (χ4n) is 4.81. The number of hydrogen-bond acceptors (Lipinski definition) is 6. The van der Waals surface area contributed by atoms with Crippen molar-refractivity contribution < 1.29 is 4.79 Å². The van der Waals surface area contributed by atoms with Crippen molar-refractivity contribution >= 4 is 39.7 Å². The lowest BCUT2D eigenvalue weighted by molar-refractivity contribution is 0.102. The van der Waals surface area contributed by atoms with Gasteiger partial charge in [-0.3, -0.25) is 9.89 Å². The van der Waals surface area contributed by atoms with Crippen molar-refractivity contribution in [1.29, 1.82) is 0 Å². The van der Waals surface area contributed by atoms with Crippen LogP contribution in [0.4, 0.5) is 22.9 Å². The summed E-state index contributed by atoms with van der Waals surface area (Å²) in [5, 5.41) is 18.2. The molecular formula is C29H35N7O. The summed E-state index contributed by atoms with van der Waals surface area (Å²) in [7, 11) is 2.17. The van der Waals surface area contributed by atoms with Crippen molar-refractivity contribution in [2.75, 3.05) is 36.1 Å². The number of aromatic nitrogens is 3. The van der Waals surface area contributed by atoms with Gasteiger partial charge in [0.05, 0.1) is 17.3 Å². The zero-order valence-electron chi connectivity index (χ0n) is 21.9. The molecule has 3 heterocycles. The molecule has 0 atom stereocenters. The Labute approximate surface area is 217 Å². The van der Waals surface area contributed by atoms with Crippen LogP contribution in [0.5, 0.6) is 0 Å². The maximum Gasteiger partial charge on any atom is 0.259 e. The van der Waals surface area contributed by atoms with E-state index in [9.17, 15) is 4.79 Å². The predicted octanol–water partition coefficient (Wildman–Crippen LogP) is 5.76. The van der Waals surface area contributed by atoms with Crippen molar-refractivity contribution in [3.05, 3.63) is 72.1 Å². The third-order valence-corrected chi connectivity index (χ3v) is 6.92. The van der Waals surface area contributed by atoms with Crippen LogP contribution in [0, 0.1) is 0 Å². The predicted molar refractivity (Wildman–Crippen MR) is 151 cm³/mol. The lowest BCUT2D eigenvalue weighted by Crippen LogP contribution is -2.37. The Balaban J connectivity index is 1.37. The van der Waals surface area contributed by atoms with Gasteiger partial charge in [0.1, 0.15) is 5.82 Å². The molecule has 8 nitrogen and oxygen atoms in total. The summed E-state index contributed by atoms with van der Waals surface area (Å²) in [6.07, 6.45) is 5.66. The average molecular weight is 498 g/mol. The maximum atomic E-state index is 13.4. The average Bonchev–Trinajstić information content (AvgIpc) is 3.33. The molecule has 2 aromatic carbocycles. The highest BCUT2D eigenvalue weighted by atomic mass is 16.1. The van der Waals surface area contributed by atoms with Gasteiger partial charge in [-0.25, -0.2) is 4.98 Å². The molecule has 0 aliphatic carbocycles. The molecular weight excluding hydrogens is 462 g/mol. The van der Waals surface area contributed by atoms with E-state index in [1.165, 1.54) is 5.56 Å². The number of piperidine rings is 1. The van der Waals surface area contributed by atoms with Gasteiger partial charge >= 0.3 is 0 Å². The monoisotopic (exact) mass is 497 g/mol. The molecule has 0 saturated carbocycles. The van der Waals surface area contributed by atoms with Gasteiger partial charge in [0.25, 0.3) is 5.91 Å². The molecule has 1 amide bonds. The number of rotatable bonds is 6. The normalized spacial score (nSPS) is 15.0. The maximum absolute atomic E-state index is 13.4. The summed E-state index contributed by atoms with van der Waals surface area (Å²) in [5.41, 5.74) is 5.25. The zero-order valence-corrected chi connectivity index (χ0v) is 21.9. The summed E-state index contributed by atoms with van der Waals surface area (Å²) in [6, 6.07) is 16.0. The zero-order chi connectivity index (χ0) is 26.0. The minimum atomic E-state index is -0.216. The van der Waals surface area contributed by atoms with Crippen LogP contribution < -0.4 is 16.0 Å². The first-order valence-electron chi connectivity index (χ1n) is 12.8. The standard InChI is InChI=1S/C29H35N7O/c1-29(2,3)24-10-9-22(17-26(24)32-20-11-14-36(4)15-12-20)34-28(37)23-6-5-13-30-27(23)33-21-8-7-19-18-31-35-25(19)16-21/h5-10,13,16-18,20,32H,11-12,14-15H2,1-4H3,(H,30,33)(H,31,35)(H,34,37). The van der Waals surface area contributed by atoms with Crippen LogP contribution in [0.25, 0.3) is 10.9 Å². The van der Waals surface area contributed by atoms with Crippen LogP contribution in [0.1, 0.15) is 49.5 Å². The largest absolute Gasteiger partial charge is 0.382 e. The van der Waals surface area contributed by atoms with Crippen molar-refractivity contribution in [2.24, 2.45) is 0 Å². The molecule has 1 saturated heterocycles. The van der Waals surface area contributed by atoms with Gasteiger partial charge in [-0.2, -0.15) is 5.10 Å². The van der Waals surface area contributed by atoms with Crippen LogP contribution in [-0.4, -0.2) is 52.2 Å². The van der Waals surface area contributed by atoms with Crippen LogP contribution in [-0.2, 0) is 5.41 Å². The minimum absolute atomic E-state index is 0.0213. The fourth-order valence-corrected chi connectivity index (χ4v) is 4.81. The highest BCUT2D eigenvalue weighted by Gasteiger charge is 2.23. The number of nitrogens with one attached hydrogen (secondary N) is 4. The molecule has 2 aromatic heterocycles. The Morgan fingerprint density at radius 3 is 2.62 bits per heavy atom. The summed E-state index contributed by atoms with van der Waals surface area (Å²) >= 11 is 0. The minimum Gasteiger partial charge on any atom is -0.382 e. The number of anilines is 4. The molecule has 0 spiro atoms. The number of fused-ring (bicyclic) bond motifs is 1. The number of nitrogens with zero attached hydrogens (tertiary/aromatic N) is 3. The summed E-state index contributed by atoms with van der Waals surface area (Å²) in [6.45, 7) is 8.82. The number of hydrogen-bond donors (Lipinski definition) is 4. The second kappa shape index (κ2) is 10.2. The Morgan fingerprint density at radius 1 is 1.05 bits per heavy atom. The molecule has 37 heavy (non-hydrogen) atoms. The van der Waals surface area contributed by atoms with Gasteiger partial charge in [-0.1, -0.05) is 26.8 Å². The van der Waals surface area contributed by atoms with E-state index in [1.54, 1.807) is 24.5 Å². The smallest absolute Gasteiger partial charge is 0.259 e. The van der Waals surface area contributed by atoms with E-state index < -0.39 is 0 Å². The van der Waals surface area contributed by atoms with E-state index in [0.29, 0.717) is 17.4 Å². The molecule has 5 rings (SSSR count). The van der Waals surface area contributed by atoms with Crippen LogP contribution in [0.3, 0.4) is 0 Å². The van der Waals surface area contributed by atoms with E-state index in [1.807, 2.05) is 24.3 Å². The number of likely N-dealkylation sites (tertiary alicyclic amines) is 1. The summed E-state index contributed by atoms with van der Waals surface area (Å²) in [5.74, 6) is 0.279. The third kappa shape index (κ3) is 5.75. The van der Waals surface area contributed by atoms with E-state index in [0.717, 1.165) is 53.9 Å². The number of amides is 1. The van der Waals surface area contributed by atoms with Crippen LogP contribution in [0.2, 0.25) is 0 Å². The van der Waals surface area contributed by atoms with E-state index in [-0.39, 0.29) is 11.3 Å². The topological polar surface area (TPSA) is 98.0 Å². The summed E-state index contributed by atoms with van der Waals surface area (Å²) in [4.78, 5) is 20.2. The molecule has 8 heteroatoms. The van der Waals surface area contributed by atoms with Gasteiger partial charge in [0, 0.05) is 34.7 Å². The van der Waals surface area contributed by atoms with Gasteiger partial charge in [-0.05, 0) is 86.4 Å². The Bertz CT molecular complexity index is 1400.